The Balaban J connectivity index is 2.49. The first kappa shape index (κ1) is 14.5. The molecule has 0 aliphatic carbocycles. The van der Waals surface area contributed by atoms with Crippen molar-refractivity contribution in [3.05, 3.63) is 33.3 Å². The van der Waals surface area contributed by atoms with Crippen molar-refractivity contribution >= 4 is 33.5 Å². The fraction of sp³-hybridized carbons (Fsp3) is 0.417. The normalized spacial score (nSPS) is 10.6. The molecule has 0 saturated heterocycles. The van der Waals surface area contributed by atoms with Gasteiger partial charge in [0.05, 0.1) is 18.3 Å². The lowest BCUT2D eigenvalue weighted by molar-refractivity contribution is 0.0176. The van der Waals surface area contributed by atoms with E-state index in [4.69, 9.17) is 21.1 Å². The van der Waals surface area contributed by atoms with Crippen LogP contribution in [0.1, 0.15) is 24.2 Å². The van der Waals surface area contributed by atoms with E-state index < -0.39 is 5.97 Å². The van der Waals surface area contributed by atoms with Gasteiger partial charge in [-0.3, -0.25) is 0 Å². The molecule has 17 heavy (non-hydrogen) atoms. The molecule has 5 heteroatoms. The smallest absolute Gasteiger partial charge is 0.339 e. The predicted octanol–water partition coefficient (Wildman–Crippen LogP) is 3.68. The third kappa shape index (κ3) is 5.06. The summed E-state index contributed by atoms with van der Waals surface area (Å²) >= 11 is 9.08. The molecular weight excluding hydrogens is 307 g/mol. The van der Waals surface area contributed by atoms with E-state index in [1.165, 1.54) is 0 Å². The van der Waals surface area contributed by atoms with E-state index in [1.54, 1.807) is 18.2 Å². The van der Waals surface area contributed by atoms with Crippen molar-refractivity contribution in [2.45, 2.75) is 20.0 Å². The lowest BCUT2D eigenvalue weighted by Crippen LogP contribution is -2.13. The Bertz CT molecular complexity index is 393. The van der Waals surface area contributed by atoms with Gasteiger partial charge in [-0.1, -0.05) is 11.6 Å². The second kappa shape index (κ2) is 6.99. The molecule has 0 aliphatic heterocycles. The predicted molar refractivity (Wildman–Crippen MR) is 70.5 cm³/mol. The maximum atomic E-state index is 11.7. The van der Waals surface area contributed by atoms with Crippen LogP contribution in [0.3, 0.4) is 0 Å². The molecule has 0 bridgehead atoms. The second-order valence-corrected chi connectivity index (χ2v) is 4.97. The Hall–Kier alpha value is -0.580. The standard InChI is InChI=1S/C12H14BrClO3/c1-8(2)16-5-6-17-12(15)10-7-9(14)3-4-11(10)13/h3-4,7-8H,5-6H2,1-2H3. The molecule has 1 aromatic carbocycles. The molecule has 1 aromatic rings. The van der Waals surface area contributed by atoms with Gasteiger partial charge in [-0.2, -0.15) is 0 Å². The van der Waals surface area contributed by atoms with E-state index in [2.05, 4.69) is 15.9 Å². The average molecular weight is 322 g/mol. The molecule has 0 atom stereocenters. The van der Waals surface area contributed by atoms with Gasteiger partial charge < -0.3 is 9.47 Å². The fourth-order valence-electron chi connectivity index (χ4n) is 1.15. The van der Waals surface area contributed by atoms with Crippen LogP contribution in [0.2, 0.25) is 5.02 Å². The number of benzene rings is 1. The van der Waals surface area contributed by atoms with Crippen LogP contribution in [0, 0.1) is 0 Å². The lowest BCUT2D eigenvalue weighted by atomic mass is 10.2. The third-order valence-corrected chi connectivity index (χ3v) is 2.84. The largest absolute Gasteiger partial charge is 0.460 e. The van der Waals surface area contributed by atoms with Crippen LogP contribution in [-0.2, 0) is 9.47 Å². The molecule has 0 saturated carbocycles. The molecule has 0 aliphatic rings. The van der Waals surface area contributed by atoms with Crippen LogP contribution in [0.25, 0.3) is 0 Å². The Kier molecular flexibility index (Phi) is 5.95. The van der Waals surface area contributed by atoms with Crippen LogP contribution in [0.5, 0.6) is 0 Å². The van der Waals surface area contributed by atoms with E-state index in [0.717, 1.165) is 0 Å². The van der Waals surface area contributed by atoms with E-state index in [1.807, 2.05) is 13.8 Å². The summed E-state index contributed by atoms with van der Waals surface area (Å²) in [5.41, 5.74) is 0.419. The summed E-state index contributed by atoms with van der Waals surface area (Å²) in [6.07, 6.45) is 0.131. The quantitative estimate of drug-likeness (QED) is 0.613. The highest BCUT2D eigenvalue weighted by Gasteiger charge is 2.11. The number of carbonyl (C=O) groups is 1. The molecule has 0 unspecified atom stereocenters. The van der Waals surface area contributed by atoms with E-state index in [9.17, 15) is 4.79 Å². The summed E-state index contributed by atoms with van der Waals surface area (Å²) in [7, 11) is 0. The number of rotatable bonds is 5. The highest BCUT2D eigenvalue weighted by atomic mass is 79.9. The average Bonchev–Trinajstić information content (AvgIpc) is 2.27. The van der Waals surface area contributed by atoms with Gasteiger partial charge in [0.15, 0.2) is 0 Å². The van der Waals surface area contributed by atoms with E-state index in [-0.39, 0.29) is 12.7 Å². The van der Waals surface area contributed by atoms with E-state index >= 15 is 0 Å². The molecule has 0 spiro atoms. The van der Waals surface area contributed by atoms with Gasteiger partial charge in [-0.05, 0) is 48.0 Å². The molecule has 0 radical (unpaired) electrons. The minimum Gasteiger partial charge on any atom is -0.460 e. The van der Waals surface area contributed by atoms with Crippen molar-refractivity contribution in [3.8, 4) is 0 Å². The van der Waals surface area contributed by atoms with Gasteiger partial charge in [0.2, 0.25) is 0 Å². The fourth-order valence-corrected chi connectivity index (χ4v) is 1.73. The number of halogens is 2. The number of ether oxygens (including phenoxy) is 2. The second-order valence-electron chi connectivity index (χ2n) is 3.68. The van der Waals surface area contributed by atoms with Crippen molar-refractivity contribution in [1.29, 1.82) is 0 Å². The minimum absolute atomic E-state index is 0.131. The van der Waals surface area contributed by atoms with Gasteiger partial charge >= 0.3 is 5.97 Å². The Morgan fingerprint density at radius 3 is 2.76 bits per heavy atom. The molecule has 0 N–H and O–H groups in total. The summed E-state index contributed by atoms with van der Waals surface area (Å²) in [6.45, 7) is 4.47. The molecule has 0 fully saturated rings. The van der Waals surface area contributed by atoms with Crippen LogP contribution in [0.4, 0.5) is 0 Å². The highest BCUT2D eigenvalue weighted by molar-refractivity contribution is 9.10. The SMILES string of the molecule is CC(C)OCCOC(=O)c1cc(Cl)ccc1Br. The molecule has 0 heterocycles. The van der Waals surface area contributed by atoms with Crippen LogP contribution >= 0.6 is 27.5 Å². The number of hydrogen-bond donors (Lipinski definition) is 0. The maximum absolute atomic E-state index is 11.7. The molecular formula is C12H14BrClO3. The van der Waals surface area contributed by atoms with Crippen molar-refractivity contribution in [2.75, 3.05) is 13.2 Å². The number of carbonyl (C=O) groups excluding carboxylic acids is 1. The van der Waals surface area contributed by atoms with Crippen molar-refractivity contribution in [1.82, 2.24) is 0 Å². The highest BCUT2D eigenvalue weighted by Crippen LogP contribution is 2.21. The van der Waals surface area contributed by atoms with Gasteiger partial charge in [0.1, 0.15) is 6.61 Å². The van der Waals surface area contributed by atoms with Crippen molar-refractivity contribution in [2.24, 2.45) is 0 Å². The van der Waals surface area contributed by atoms with Gasteiger partial charge in [-0.25, -0.2) is 4.79 Å². The zero-order valence-electron chi connectivity index (χ0n) is 9.70. The van der Waals surface area contributed by atoms with Gasteiger partial charge in [0.25, 0.3) is 0 Å². The van der Waals surface area contributed by atoms with Crippen LogP contribution in [-0.4, -0.2) is 25.3 Å². The zero-order chi connectivity index (χ0) is 12.8. The summed E-state index contributed by atoms with van der Waals surface area (Å²) < 4.78 is 11.0. The van der Waals surface area contributed by atoms with Crippen molar-refractivity contribution < 1.29 is 14.3 Å². The minimum atomic E-state index is -0.410. The first-order valence-corrected chi connectivity index (χ1v) is 6.41. The molecule has 0 aromatic heterocycles. The number of hydrogen-bond acceptors (Lipinski definition) is 3. The maximum Gasteiger partial charge on any atom is 0.339 e. The topological polar surface area (TPSA) is 35.5 Å². The monoisotopic (exact) mass is 320 g/mol. The summed E-state index contributed by atoms with van der Waals surface area (Å²) in [6, 6.07) is 4.98. The summed E-state index contributed by atoms with van der Waals surface area (Å²) in [5.74, 6) is -0.410. The Labute approximate surface area is 114 Å². The van der Waals surface area contributed by atoms with Crippen LogP contribution < -0.4 is 0 Å². The molecule has 3 nitrogen and oxygen atoms in total. The van der Waals surface area contributed by atoms with Crippen LogP contribution in [0.15, 0.2) is 22.7 Å². The van der Waals surface area contributed by atoms with Gasteiger partial charge in [0, 0.05) is 9.50 Å². The Morgan fingerprint density at radius 2 is 2.12 bits per heavy atom. The van der Waals surface area contributed by atoms with E-state index in [0.29, 0.717) is 21.7 Å². The first-order chi connectivity index (χ1) is 8.00. The summed E-state index contributed by atoms with van der Waals surface area (Å²) in [5, 5.41) is 0.499. The summed E-state index contributed by atoms with van der Waals surface area (Å²) in [4.78, 5) is 11.7. The lowest BCUT2D eigenvalue weighted by Gasteiger charge is -2.09. The Morgan fingerprint density at radius 1 is 1.41 bits per heavy atom. The molecule has 1 rings (SSSR count). The number of esters is 1. The third-order valence-electron chi connectivity index (χ3n) is 1.92. The first-order valence-electron chi connectivity index (χ1n) is 5.24. The van der Waals surface area contributed by atoms with Gasteiger partial charge in [-0.15, -0.1) is 0 Å². The molecule has 0 amide bonds. The molecule has 94 valence electrons. The van der Waals surface area contributed by atoms with Crippen molar-refractivity contribution in [3.63, 3.8) is 0 Å². The zero-order valence-corrected chi connectivity index (χ0v) is 12.0.